The van der Waals surface area contributed by atoms with Gasteiger partial charge in [-0.1, -0.05) is 11.6 Å². The highest BCUT2D eigenvalue weighted by atomic mass is 35.5. The van der Waals surface area contributed by atoms with E-state index in [0.717, 1.165) is 45.1 Å². The monoisotopic (exact) mass is 293 g/mol. The molecule has 0 N–H and O–H groups in total. The predicted molar refractivity (Wildman–Crippen MR) is 81.2 cm³/mol. The molecule has 6 heteroatoms. The van der Waals surface area contributed by atoms with Gasteiger partial charge in [0.05, 0.1) is 5.56 Å². The van der Waals surface area contributed by atoms with Gasteiger partial charge in [0.1, 0.15) is 16.9 Å². The maximum absolute atomic E-state index is 9.01. The lowest BCUT2D eigenvalue weighted by Gasteiger charge is -2.36. The summed E-state index contributed by atoms with van der Waals surface area (Å²) in [4.78, 5) is 11.1. The van der Waals surface area contributed by atoms with Crippen LogP contribution in [0.1, 0.15) is 5.56 Å². The molecule has 2 rings (SSSR count). The lowest BCUT2D eigenvalue weighted by atomic mass is 10.2. The van der Waals surface area contributed by atoms with Crippen molar-refractivity contribution in [2.24, 2.45) is 0 Å². The summed E-state index contributed by atoms with van der Waals surface area (Å²) in [5, 5.41) is 9.48. The Morgan fingerprint density at radius 2 is 2.05 bits per heavy atom. The van der Waals surface area contributed by atoms with Crippen LogP contribution in [0.25, 0.3) is 0 Å². The van der Waals surface area contributed by atoms with Crippen molar-refractivity contribution >= 4 is 17.4 Å². The molecule has 108 valence electrons. The summed E-state index contributed by atoms with van der Waals surface area (Å²) in [6.45, 7) is 5.96. The Morgan fingerprint density at radius 1 is 1.35 bits per heavy atom. The fraction of sp³-hybridized carbons (Fsp3) is 0.571. The Morgan fingerprint density at radius 3 is 2.65 bits per heavy atom. The molecule has 0 unspecified atom stereocenters. The zero-order valence-corrected chi connectivity index (χ0v) is 12.8. The van der Waals surface area contributed by atoms with Crippen LogP contribution in [0.5, 0.6) is 0 Å². The zero-order valence-electron chi connectivity index (χ0n) is 12.0. The minimum atomic E-state index is 0.469. The number of anilines is 1. The molecular weight excluding hydrogens is 274 g/mol. The van der Waals surface area contributed by atoms with Gasteiger partial charge < -0.3 is 9.80 Å². The molecule has 0 atom stereocenters. The molecule has 1 saturated heterocycles. The second-order valence-corrected chi connectivity index (χ2v) is 5.62. The maximum Gasteiger partial charge on any atom is 0.148 e. The summed E-state index contributed by atoms with van der Waals surface area (Å²) in [5.41, 5.74) is 0.492. The lowest BCUT2D eigenvalue weighted by molar-refractivity contribution is 0.229. The molecule has 1 aliphatic heterocycles. The number of hydrogen-bond acceptors (Lipinski definition) is 5. The number of likely N-dealkylation sites (N-methyl/N-ethyl adjacent to an activating group) is 1. The summed E-state index contributed by atoms with van der Waals surface area (Å²) < 4.78 is 0. The number of piperazine rings is 1. The quantitative estimate of drug-likeness (QED) is 0.837. The Hall–Kier alpha value is -1.35. The van der Waals surface area contributed by atoms with Crippen molar-refractivity contribution in [2.45, 2.75) is 0 Å². The van der Waals surface area contributed by atoms with Crippen molar-refractivity contribution < 1.29 is 0 Å². The van der Waals surface area contributed by atoms with Gasteiger partial charge in [0.25, 0.3) is 0 Å². The molecule has 1 aliphatic rings. The first-order valence-electron chi connectivity index (χ1n) is 6.78. The number of nitriles is 1. The van der Waals surface area contributed by atoms with Crippen molar-refractivity contribution in [3.8, 4) is 6.07 Å². The molecular formula is C14H20ClN5. The van der Waals surface area contributed by atoms with Gasteiger partial charge in [-0.05, 0) is 20.2 Å². The minimum absolute atomic E-state index is 0.469. The van der Waals surface area contributed by atoms with Crippen LogP contribution in [0.2, 0.25) is 5.02 Å². The lowest BCUT2D eigenvalue weighted by Crippen LogP contribution is -2.48. The van der Waals surface area contributed by atoms with Crippen LogP contribution in [0, 0.1) is 11.3 Å². The number of rotatable bonds is 4. The molecule has 1 aromatic rings. The molecule has 0 amide bonds. The second kappa shape index (κ2) is 6.89. The van der Waals surface area contributed by atoms with Crippen LogP contribution in [0.3, 0.4) is 0 Å². The van der Waals surface area contributed by atoms with Crippen molar-refractivity contribution in [3.05, 3.63) is 22.8 Å². The molecule has 0 radical (unpaired) electrons. The maximum atomic E-state index is 9.01. The zero-order chi connectivity index (χ0) is 14.5. The number of aromatic nitrogens is 1. The van der Waals surface area contributed by atoms with E-state index in [-0.39, 0.29) is 0 Å². The fourth-order valence-electron chi connectivity index (χ4n) is 2.26. The van der Waals surface area contributed by atoms with Crippen LogP contribution >= 0.6 is 11.6 Å². The van der Waals surface area contributed by atoms with Gasteiger partial charge in [0.2, 0.25) is 0 Å². The van der Waals surface area contributed by atoms with Crippen LogP contribution < -0.4 is 4.90 Å². The second-order valence-electron chi connectivity index (χ2n) is 5.24. The highest BCUT2D eigenvalue weighted by molar-refractivity contribution is 6.34. The Kier molecular flexibility index (Phi) is 5.18. The molecule has 1 aromatic heterocycles. The van der Waals surface area contributed by atoms with E-state index in [4.69, 9.17) is 16.9 Å². The summed E-state index contributed by atoms with van der Waals surface area (Å²) in [7, 11) is 4.18. The molecule has 5 nitrogen and oxygen atoms in total. The SMILES string of the molecule is CN(C)CCN1CCN(c2nccc(C#N)c2Cl)CC1. The van der Waals surface area contributed by atoms with E-state index in [1.54, 1.807) is 12.3 Å². The van der Waals surface area contributed by atoms with E-state index in [2.05, 4.69) is 39.8 Å². The van der Waals surface area contributed by atoms with Crippen molar-refractivity contribution in [3.63, 3.8) is 0 Å². The highest BCUT2D eigenvalue weighted by Crippen LogP contribution is 2.27. The summed E-state index contributed by atoms with van der Waals surface area (Å²) in [6.07, 6.45) is 1.65. The molecule has 2 heterocycles. The van der Waals surface area contributed by atoms with E-state index in [9.17, 15) is 0 Å². The van der Waals surface area contributed by atoms with Gasteiger partial charge in [0.15, 0.2) is 0 Å². The average molecular weight is 294 g/mol. The topological polar surface area (TPSA) is 46.4 Å². The summed E-state index contributed by atoms with van der Waals surface area (Å²) >= 11 is 6.23. The Bertz CT molecular complexity index is 489. The van der Waals surface area contributed by atoms with Gasteiger partial charge in [-0.15, -0.1) is 0 Å². The first-order valence-corrected chi connectivity index (χ1v) is 7.16. The van der Waals surface area contributed by atoms with Crippen LogP contribution in [0.4, 0.5) is 5.82 Å². The summed E-state index contributed by atoms with van der Waals surface area (Å²) in [5.74, 6) is 0.734. The molecule has 1 fully saturated rings. The normalized spacial score (nSPS) is 16.4. The van der Waals surface area contributed by atoms with Crippen molar-refractivity contribution in [1.82, 2.24) is 14.8 Å². The van der Waals surface area contributed by atoms with E-state index in [0.29, 0.717) is 10.6 Å². The third-order valence-electron chi connectivity index (χ3n) is 3.53. The largest absolute Gasteiger partial charge is 0.353 e. The van der Waals surface area contributed by atoms with Crippen LogP contribution in [0.15, 0.2) is 12.3 Å². The van der Waals surface area contributed by atoms with E-state index in [1.807, 2.05) is 0 Å². The van der Waals surface area contributed by atoms with Crippen molar-refractivity contribution in [1.29, 1.82) is 5.26 Å². The van der Waals surface area contributed by atoms with E-state index < -0.39 is 0 Å². The van der Waals surface area contributed by atoms with Crippen molar-refractivity contribution in [2.75, 3.05) is 58.3 Å². The highest BCUT2D eigenvalue weighted by Gasteiger charge is 2.20. The number of halogens is 1. The minimum Gasteiger partial charge on any atom is -0.353 e. The van der Waals surface area contributed by atoms with Gasteiger partial charge in [-0.3, -0.25) is 4.90 Å². The first kappa shape index (κ1) is 15.0. The van der Waals surface area contributed by atoms with Crippen LogP contribution in [-0.4, -0.2) is 68.1 Å². The van der Waals surface area contributed by atoms with Gasteiger partial charge in [-0.2, -0.15) is 5.26 Å². The predicted octanol–water partition coefficient (Wildman–Crippen LogP) is 1.29. The average Bonchev–Trinajstić information content (AvgIpc) is 2.46. The number of pyridine rings is 1. The molecule has 20 heavy (non-hydrogen) atoms. The fourth-order valence-corrected chi connectivity index (χ4v) is 2.54. The molecule has 0 saturated carbocycles. The molecule has 0 spiro atoms. The van der Waals surface area contributed by atoms with Gasteiger partial charge >= 0.3 is 0 Å². The molecule has 0 bridgehead atoms. The molecule has 0 aromatic carbocycles. The Balaban J connectivity index is 1.96. The first-order chi connectivity index (χ1) is 9.61. The van der Waals surface area contributed by atoms with E-state index >= 15 is 0 Å². The van der Waals surface area contributed by atoms with Crippen LogP contribution in [-0.2, 0) is 0 Å². The molecule has 0 aliphatic carbocycles. The van der Waals surface area contributed by atoms with E-state index in [1.165, 1.54) is 0 Å². The third kappa shape index (κ3) is 3.60. The number of hydrogen-bond donors (Lipinski definition) is 0. The smallest absolute Gasteiger partial charge is 0.148 e. The van der Waals surface area contributed by atoms with Gasteiger partial charge in [-0.25, -0.2) is 4.98 Å². The van der Waals surface area contributed by atoms with Gasteiger partial charge in [0, 0.05) is 45.5 Å². The summed E-state index contributed by atoms with van der Waals surface area (Å²) in [6, 6.07) is 3.75. The standard InChI is InChI=1S/C14H20ClN5/c1-18(2)5-6-19-7-9-20(10-8-19)14-13(15)12(11-16)3-4-17-14/h3-4H,5-10H2,1-2H3. The Labute approximate surface area is 125 Å². The third-order valence-corrected chi connectivity index (χ3v) is 3.90. The number of nitrogens with zero attached hydrogens (tertiary/aromatic N) is 5.